The van der Waals surface area contributed by atoms with Crippen LogP contribution in [0.3, 0.4) is 0 Å². The van der Waals surface area contributed by atoms with E-state index in [1.807, 2.05) is 24.3 Å². The van der Waals surface area contributed by atoms with Crippen molar-refractivity contribution in [2.24, 2.45) is 0 Å². The summed E-state index contributed by atoms with van der Waals surface area (Å²) < 4.78 is 11.1. The summed E-state index contributed by atoms with van der Waals surface area (Å²) in [6, 6.07) is 12.2. The largest absolute Gasteiger partial charge is 0.494 e. The normalized spacial score (nSPS) is 10.7. The van der Waals surface area contributed by atoms with Crippen LogP contribution >= 0.6 is 0 Å². The van der Waals surface area contributed by atoms with Gasteiger partial charge in [-0.25, -0.2) is 0 Å². The van der Waals surface area contributed by atoms with Gasteiger partial charge in [0.15, 0.2) is 0 Å². The molecule has 114 valence electrons. The van der Waals surface area contributed by atoms with Gasteiger partial charge in [-0.3, -0.25) is 0 Å². The molecule has 0 aliphatic heterocycles. The summed E-state index contributed by atoms with van der Waals surface area (Å²) in [7, 11) is 0. The van der Waals surface area contributed by atoms with Crippen molar-refractivity contribution >= 4 is 0 Å². The van der Waals surface area contributed by atoms with E-state index in [9.17, 15) is 0 Å². The Morgan fingerprint density at radius 1 is 1.05 bits per heavy atom. The van der Waals surface area contributed by atoms with E-state index in [-0.39, 0.29) is 0 Å². The van der Waals surface area contributed by atoms with Gasteiger partial charge < -0.3 is 14.5 Å². The molecule has 0 saturated heterocycles. The molecule has 0 atom stereocenters. The van der Waals surface area contributed by atoms with Crippen LogP contribution in [0.2, 0.25) is 0 Å². The summed E-state index contributed by atoms with van der Waals surface area (Å²) >= 11 is 0. The maximum atomic E-state index is 5.80. The van der Waals surface area contributed by atoms with E-state index in [1.165, 1.54) is 24.8 Å². The van der Waals surface area contributed by atoms with Crippen LogP contribution in [0.5, 0.6) is 5.75 Å². The Labute approximate surface area is 127 Å². The molecule has 1 aromatic heterocycles. The number of unbranched alkanes of at least 4 members (excludes halogenated alkanes) is 3. The number of hydrogen-bond acceptors (Lipinski definition) is 3. The van der Waals surface area contributed by atoms with E-state index in [0.717, 1.165) is 37.6 Å². The third-order valence-electron chi connectivity index (χ3n) is 3.37. The van der Waals surface area contributed by atoms with E-state index < -0.39 is 0 Å². The smallest absolute Gasteiger partial charge is 0.119 e. The van der Waals surface area contributed by atoms with Gasteiger partial charge in [0.1, 0.15) is 11.5 Å². The lowest BCUT2D eigenvalue weighted by molar-refractivity contribution is 0.304. The van der Waals surface area contributed by atoms with Crippen LogP contribution < -0.4 is 10.1 Å². The van der Waals surface area contributed by atoms with Gasteiger partial charge in [0.05, 0.1) is 19.4 Å². The lowest BCUT2D eigenvalue weighted by atomic mass is 10.2. The molecule has 0 radical (unpaired) electrons. The molecule has 1 heterocycles. The number of ether oxygens (including phenoxy) is 1. The number of rotatable bonds is 10. The van der Waals surface area contributed by atoms with Gasteiger partial charge >= 0.3 is 0 Å². The van der Waals surface area contributed by atoms with Gasteiger partial charge in [-0.2, -0.15) is 0 Å². The van der Waals surface area contributed by atoms with Gasteiger partial charge in [-0.05, 0) is 36.2 Å². The van der Waals surface area contributed by atoms with E-state index in [2.05, 4.69) is 24.4 Å². The van der Waals surface area contributed by atoms with Crippen molar-refractivity contribution in [1.82, 2.24) is 5.32 Å². The molecule has 0 aliphatic rings. The Morgan fingerprint density at radius 3 is 2.81 bits per heavy atom. The molecule has 2 rings (SSSR count). The number of furan rings is 1. The fourth-order valence-corrected chi connectivity index (χ4v) is 2.21. The highest BCUT2D eigenvalue weighted by atomic mass is 16.5. The summed E-state index contributed by atoms with van der Waals surface area (Å²) in [6.07, 6.45) is 6.64. The number of nitrogens with one attached hydrogen (secondary N) is 1. The first-order valence-electron chi connectivity index (χ1n) is 7.83. The van der Waals surface area contributed by atoms with Gasteiger partial charge in [-0.1, -0.05) is 38.3 Å². The van der Waals surface area contributed by atoms with Crippen molar-refractivity contribution in [1.29, 1.82) is 0 Å². The average Bonchev–Trinajstić information content (AvgIpc) is 3.01. The first-order chi connectivity index (χ1) is 10.4. The molecule has 21 heavy (non-hydrogen) atoms. The van der Waals surface area contributed by atoms with Crippen LogP contribution in [0.4, 0.5) is 0 Å². The molecule has 0 amide bonds. The van der Waals surface area contributed by atoms with Gasteiger partial charge in [0.2, 0.25) is 0 Å². The van der Waals surface area contributed by atoms with Crippen molar-refractivity contribution in [3.05, 3.63) is 54.0 Å². The summed E-state index contributed by atoms with van der Waals surface area (Å²) in [5.74, 6) is 1.92. The Morgan fingerprint density at radius 2 is 2.00 bits per heavy atom. The predicted octanol–water partition coefficient (Wildman–Crippen LogP) is 4.53. The number of benzene rings is 1. The van der Waals surface area contributed by atoms with Crippen molar-refractivity contribution in [3.8, 4) is 5.75 Å². The van der Waals surface area contributed by atoms with Gasteiger partial charge in [-0.15, -0.1) is 0 Å². The zero-order valence-corrected chi connectivity index (χ0v) is 12.8. The summed E-state index contributed by atoms with van der Waals surface area (Å²) in [5.41, 5.74) is 1.23. The van der Waals surface area contributed by atoms with Crippen LogP contribution in [0.25, 0.3) is 0 Å². The highest BCUT2D eigenvalue weighted by Crippen LogP contribution is 2.14. The molecule has 0 bridgehead atoms. The minimum atomic E-state index is 0.745. The topological polar surface area (TPSA) is 34.4 Å². The lowest BCUT2D eigenvalue weighted by Crippen LogP contribution is -2.12. The van der Waals surface area contributed by atoms with Crippen molar-refractivity contribution in [3.63, 3.8) is 0 Å². The molecular formula is C18H25NO2. The second kappa shape index (κ2) is 9.24. The molecule has 0 aliphatic carbocycles. The molecule has 0 spiro atoms. The minimum absolute atomic E-state index is 0.745. The van der Waals surface area contributed by atoms with Crippen LogP contribution in [0.1, 0.15) is 43.9 Å². The maximum Gasteiger partial charge on any atom is 0.119 e. The molecule has 0 saturated carbocycles. The zero-order chi connectivity index (χ0) is 14.8. The van der Waals surface area contributed by atoms with Crippen molar-refractivity contribution < 1.29 is 9.15 Å². The molecule has 1 aromatic carbocycles. The molecule has 2 aromatic rings. The summed E-state index contributed by atoms with van der Waals surface area (Å²) in [4.78, 5) is 0. The second-order valence-corrected chi connectivity index (χ2v) is 5.24. The standard InChI is InChI=1S/C18H25NO2/c1-2-3-4-5-11-20-17-9-6-8-16(13-17)14-19-15-18-10-7-12-21-18/h6-10,12-13,19H,2-5,11,14-15H2,1H3. The Kier molecular flexibility index (Phi) is 6.89. The predicted molar refractivity (Wildman–Crippen MR) is 85.3 cm³/mol. The average molecular weight is 287 g/mol. The Balaban J connectivity index is 1.70. The Hall–Kier alpha value is -1.74. The summed E-state index contributed by atoms with van der Waals surface area (Å²) in [6.45, 7) is 4.59. The van der Waals surface area contributed by atoms with Gasteiger partial charge in [0, 0.05) is 6.54 Å². The van der Waals surface area contributed by atoms with Crippen LogP contribution in [0.15, 0.2) is 47.1 Å². The summed E-state index contributed by atoms with van der Waals surface area (Å²) in [5, 5.41) is 3.37. The van der Waals surface area contributed by atoms with Crippen LogP contribution in [-0.4, -0.2) is 6.61 Å². The molecular weight excluding hydrogens is 262 g/mol. The molecule has 1 N–H and O–H groups in total. The third kappa shape index (κ3) is 6.05. The first-order valence-corrected chi connectivity index (χ1v) is 7.83. The first kappa shape index (κ1) is 15.6. The van der Waals surface area contributed by atoms with Crippen molar-refractivity contribution in [2.75, 3.05) is 6.61 Å². The molecule has 0 fully saturated rings. The number of hydrogen-bond donors (Lipinski definition) is 1. The second-order valence-electron chi connectivity index (χ2n) is 5.24. The van der Waals surface area contributed by atoms with Crippen molar-refractivity contribution in [2.45, 2.75) is 45.7 Å². The molecule has 0 unspecified atom stereocenters. The quantitative estimate of drug-likeness (QED) is 0.652. The zero-order valence-electron chi connectivity index (χ0n) is 12.8. The van der Waals surface area contributed by atoms with E-state index in [1.54, 1.807) is 6.26 Å². The highest BCUT2D eigenvalue weighted by molar-refractivity contribution is 5.28. The highest BCUT2D eigenvalue weighted by Gasteiger charge is 1.99. The SMILES string of the molecule is CCCCCCOc1cccc(CNCc2ccco2)c1. The lowest BCUT2D eigenvalue weighted by Gasteiger charge is -2.08. The van der Waals surface area contributed by atoms with Gasteiger partial charge in [0.25, 0.3) is 0 Å². The van der Waals surface area contributed by atoms with E-state index in [4.69, 9.17) is 9.15 Å². The van der Waals surface area contributed by atoms with E-state index in [0.29, 0.717) is 0 Å². The van der Waals surface area contributed by atoms with E-state index >= 15 is 0 Å². The fraction of sp³-hybridized carbons (Fsp3) is 0.444. The maximum absolute atomic E-state index is 5.80. The molecule has 3 heteroatoms. The minimum Gasteiger partial charge on any atom is -0.494 e. The Bertz CT molecular complexity index is 494. The van der Waals surface area contributed by atoms with Crippen LogP contribution in [0, 0.1) is 0 Å². The third-order valence-corrected chi connectivity index (χ3v) is 3.37. The van der Waals surface area contributed by atoms with Crippen LogP contribution in [-0.2, 0) is 13.1 Å². The molecule has 3 nitrogen and oxygen atoms in total. The monoisotopic (exact) mass is 287 g/mol. The fourth-order valence-electron chi connectivity index (χ4n) is 2.21.